The van der Waals surface area contributed by atoms with Gasteiger partial charge in [-0.3, -0.25) is 14.5 Å². The fourth-order valence-electron chi connectivity index (χ4n) is 4.54. The summed E-state index contributed by atoms with van der Waals surface area (Å²) >= 11 is 1.57. The maximum Gasteiger partial charge on any atom is 0.239 e. The van der Waals surface area contributed by atoms with Crippen LogP contribution < -0.4 is 10.6 Å². The number of nitriles is 1. The fourth-order valence-corrected chi connectivity index (χ4v) is 5.09. The molecule has 1 heterocycles. The van der Waals surface area contributed by atoms with E-state index in [-0.39, 0.29) is 24.9 Å². The third-order valence-electron chi connectivity index (χ3n) is 6.27. The van der Waals surface area contributed by atoms with Gasteiger partial charge in [-0.1, -0.05) is 31.4 Å². The summed E-state index contributed by atoms with van der Waals surface area (Å²) in [7, 11) is 1.74. The van der Waals surface area contributed by atoms with Crippen LogP contribution in [-0.4, -0.2) is 47.7 Å². The molecule has 2 amide bonds. The van der Waals surface area contributed by atoms with Gasteiger partial charge in [0.2, 0.25) is 11.8 Å². The predicted molar refractivity (Wildman–Crippen MR) is 134 cm³/mol. The molecule has 0 aliphatic heterocycles. The lowest BCUT2D eigenvalue weighted by Crippen LogP contribution is -2.36. The van der Waals surface area contributed by atoms with Gasteiger partial charge in [-0.05, 0) is 57.7 Å². The number of rotatable bonds is 8. The molecule has 1 aromatic heterocycles. The highest BCUT2D eigenvalue weighted by Crippen LogP contribution is 2.36. The summed E-state index contributed by atoms with van der Waals surface area (Å²) in [5.41, 5.74) is 3.25. The zero-order chi connectivity index (χ0) is 24.0. The lowest BCUT2D eigenvalue weighted by atomic mass is 9.95. The molecule has 8 heteroatoms. The van der Waals surface area contributed by atoms with Gasteiger partial charge in [0.15, 0.2) is 0 Å². The molecule has 0 spiro atoms. The third kappa shape index (κ3) is 5.98. The minimum Gasteiger partial charge on any atom is -0.327 e. The van der Waals surface area contributed by atoms with Crippen molar-refractivity contribution >= 4 is 35.1 Å². The van der Waals surface area contributed by atoms with Gasteiger partial charge in [-0.25, -0.2) is 0 Å². The molecule has 0 saturated heterocycles. The van der Waals surface area contributed by atoms with Crippen molar-refractivity contribution in [1.29, 1.82) is 5.26 Å². The third-order valence-corrected chi connectivity index (χ3v) is 7.07. The van der Waals surface area contributed by atoms with Crippen molar-refractivity contribution in [3.63, 3.8) is 0 Å². The molecule has 176 valence electrons. The molecule has 2 aromatic rings. The monoisotopic (exact) mass is 467 g/mol. The van der Waals surface area contributed by atoms with E-state index in [1.54, 1.807) is 23.7 Å². The molecule has 1 fully saturated rings. The maximum atomic E-state index is 12.9. The Balaban J connectivity index is 1.66. The topological polar surface area (TPSA) is 90.2 Å². The van der Waals surface area contributed by atoms with E-state index in [1.165, 1.54) is 6.42 Å². The Bertz CT molecular complexity index is 1050. The van der Waals surface area contributed by atoms with Crippen molar-refractivity contribution in [2.24, 2.45) is 0 Å². The van der Waals surface area contributed by atoms with Crippen molar-refractivity contribution in [3.05, 3.63) is 41.1 Å². The predicted octanol–water partition coefficient (Wildman–Crippen LogP) is 4.71. The molecule has 1 aliphatic rings. The van der Waals surface area contributed by atoms with Crippen LogP contribution in [0.5, 0.6) is 0 Å². The van der Waals surface area contributed by atoms with E-state index in [0.717, 1.165) is 47.5 Å². The van der Waals surface area contributed by atoms with E-state index >= 15 is 0 Å². The molecule has 7 nitrogen and oxygen atoms in total. The van der Waals surface area contributed by atoms with Gasteiger partial charge in [0.25, 0.3) is 0 Å². The number of amides is 2. The van der Waals surface area contributed by atoms with Crippen molar-refractivity contribution in [1.82, 2.24) is 9.47 Å². The first-order valence-corrected chi connectivity index (χ1v) is 12.6. The molecule has 0 unspecified atom stereocenters. The largest absolute Gasteiger partial charge is 0.327 e. The summed E-state index contributed by atoms with van der Waals surface area (Å²) < 4.78 is 2.15. The first kappa shape index (κ1) is 24.9. The zero-order valence-electron chi connectivity index (χ0n) is 19.9. The number of likely N-dealkylation sites (N-methyl/N-ethyl adjacent to an activating group) is 1. The van der Waals surface area contributed by atoms with Gasteiger partial charge in [-0.15, -0.1) is 11.8 Å². The molecular formula is C25H33N5O2S. The number of aromatic nitrogens is 1. The highest BCUT2D eigenvalue weighted by atomic mass is 32.2. The van der Waals surface area contributed by atoms with E-state index in [2.05, 4.69) is 21.3 Å². The Morgan fingerprint density at radius 3 is 2.39 bits per heavy atom. The summed E-state index contributed by atoms with van der Waals surface area (Å²) in [6.45, 7) is 4.09. The number of para-hydroxylation sites is 1. The van der Waals surface area contributed by atoms with E-state index in [0.29, 0.717) is 17.4 Å². The molecule has 1 aromatic carbocycles. The smallest absolute Gasteiger partial charge is 0.239 e. The van der Waals surface area contributed by atoms with E-state index in [1.807, 2.05) is 44.4 Å². The lowest BCUT2D eigenvalue weighted by Gasteiger charge is -2.27. The van der Waals surface area contributed by atoms with E-state index in [9.17, 15) is 14.9 Å². The Labute approximate surface area is 200 Å². The SMILES string of the molecule is CSc1ccccc1NC(=O)CN(C)CC(=O)Nc1c(C#N)c(C)c(C)n1C1CCCCC1. The standard InChI is InChI=1S/C25H33N5O2S/c1-17-18(2)30(19-10-6-5-7-11-19)25(20(17)14-26)28-24(32)16-29(3)15-23(31)27-21-12-8-9-13-22(21)33-4/h8-9,12-13,19H,5-7,10-11,15-16H2,1-4H3,(H,27,31)(H,28,32). The summed E-state index contributed by atoms with van der Waals surface area (Å²) in [5.74, 6) is 0.179. The van der Waals surface area contributed by atoms with E-state index in [4.69, 9.17) is 0 Å². The normalized spacial score (nSPS) is 14.2. The molecule has 1 aliphatic carbocycles. The second-order valence-electron chi connectivity index (χ2n) is 8.68. The Morgan fingerprint density at radius 1 is 1.12 bits per heavy atom. The van der Waals surface area contributed by atoms with Gasteiger partial charge in [0.1, 0.15) is 11.9 Å². The van der Waals surface area contributed by atoms with Crippen LogP contribution in [0, 0.1) is 25.2 Å². The average molecular weight is 468 g/mol. The lowest BCUT2D eigenvalue weighted by molar-refractivity contribution is -0.119. The maximum absolute atomic E-state index is 12.9. The first-order valence-electron chi connectivity index (χ1n) is 11.4. The van der Waals surface area contributed by atoms with Crippen molar-refractivity contribution in [3.8, 4) is 6.07 Å². The minimum atomic E-state index is -0.235. The van der Waals surface area contributed by atoms with Crippen molar-refractivity contribution in [2.45, 2.75) is 56.9 Å². The van der Waals surface area contributed by atoms with Crippen LogP contribution in [0.25, 0.3) is 0 Å². The van der Waals surface area contributed by atoms with Gasteiger partial charge in [0, 0.05) is 16.6 Å². The van der Waals surface area contributed by atoms with Crippen LogP contribution in [-0.2, 0) is 9.59 Å². The van der Waals surface area contributed by atoms with Crippen LogP contribution in [0.3, 0.4) is 0 Å². The van der Waals surface area contributed by atoms with Crippen molar-refractivity contribution in [2.75, 3.05) is 37.0 Å². The summed E-state index contributed by atoms with van der Waals surface area (Å²) in [5, 5.41) is 15.7. The molecule has 0 atom stereocenters. The highest BCUT2D eigenvalue weighted by molar-refractivity contribution is 7.98. The van der Waals surface area contributed by atoms with E-state index < -0.39 is 0 Å². The number of carbonyl (C=O) groups is 2. The number of anilines is 2. The van der Waals surface area contributed by atoms with Crippen LogP contribution in [0.1, 0.15) is 55.0 Å². The number of hydrogen-bond donors (Lipinski definition) is 2. The Hall–Kier alpha value is -2.76. The molecule has 0 bridgehead atoms. The molecule has 3 rings (SSSR count). The highest BCUT2D eigenvalue weighted by Gasteiger charge is 2.26. The first-order chi connectivity index (χ1) is 15.8. The van der Waals surface area contributed by atoms with Gasteiger partial charge in [0.05, 0.1) is 24.3 Å². The summed E-state index contributed by atoms with van der Waals surface area (Å²) in [6, 6.07) is 10.2. The Morgan fingerprint density at radius 2 is 1.76 bits per heavy atom. The molecule has 0 radical (unpaired) electrons. The zero-order valence-corrected chi connectivity index (χ0v) is 20.7. The molecule has 33 heavy (non-hydrogen) atoms. The summed E-state index contributed by atoms with van der Waals surface area (Å²) in [6.07, 6.45) is 7.63. The number of carbonyl (C=O) groups excluding carboxylic acids is 2. The number of thioether (sulfide) groups is 1. The number of nitrogens with one attached hydrogen (secondary N) is 2. The van der Waals surface area contributed by atoms with Gasteiger partial charge >= 0.3 is 0 Å². The minimum absolute atomic E-state index is 0.0520. The van der Waals surface area contributed by atoms with Gasteiger partial charge < -0.3 is 15.2 Å². The second-order valence-corrected chi connectivity index (χ2v) is 9.52. The van der Waals surface area contributed by atoms with Crippen LogP contribution >= 0.6 is 11.8 Å². The van der Waals surface area contributed by atoms with Gasteiger partial charge in [-0.2, -0.15) is 5.26 Å². The molecule has 1 saturated carbocycles. The quantitative estimate of drug-likeness (QED) is 0.549. The number of hydrogen-bond acceptors (Lipinski definition) is 5. The number of nitrogens with zero attached hydrogens (tertiary/aromatic N) is 3. The average Bonchev–Trinajstić information content (AvgIpc) is 3.03. The van der Waals surface area contributed by atoms with Crippen LogP contribution in [0.2, 0.25) is 0 Å². The van der Waals surface area contributed by atoms with Crippen LogP contribution in [0.4, 0.5) is 11.5 Å². The Kier molecular flexibility index (Phi) is 8.59. The van der Waals surface area contributed by atoms with Crippen molar-refractivity contribution < 1.29 is 9.59 Å². The fraction of sp³-hybridized carbons (Fsp3) is 0.480. The van der Waals surface area contributed by atoms with Crippen LogP contribution in [0.15, 0.2) is 29.2 Å². The molecule has 2 N–H and O–H groups in total. The summed E-state index contributed by atoms with van der Waals surface area (Å²) in [4.78, 5) is 28.0. The molecular weight excluding hydrogens is 434 g/mol. The number of benzene rings is 1. The second kappa shape index (κ2) is 11.4.